The molecule has 0 bridgehead atoms. The average Bonchev–Trinajstić information content (AvgIpc) is 2.91. The molecule has 0 saturated heterocycles. The van der Waals surface area contributed by atoms with E-state index in [0.29, 0.717) is 12.0 Å². The summed E-state index contributed by atoms with van der Waals surface area (Å²) in [6, 6.07) is 5.92. The van der Waals surface area contributed by atoms with Crippen LogP contribution in [-0.2, 0) is 12.8 Å². The lowest BCUT2D eigenvalue weighted by molar-refractivity contribution is 0.135. The number of halogens is 2. The first-order chi connectivity index (χ1) is 9.65. The Morgan fingerprint density at radius 1 is 1.25 bits per heavy atom. The van der Waals surface area contributed by atoms with Gasteiger partial charge in [-0.05, 0) is 60.4 Å². The van der Waals surface area contributed by atoms with E-state index in [9.17, 15) is 13.9 Å². The van der Waals surface area contributed by atoms with Crippen LogP contribution in [0.4, 0.5) is 8.78 Å². The molecule has 1 aliphatic rings. The van der Waals surface area contributed by atoms with Crippen molar-refractivity contribution in [2.45, 2.75) is 37.7 Å². The summed E-state index contributed by atoms with van der Waals surface area (Å²) in [5.74, 6) is -1.59. The minimum Gasteiger partial charge on any atom is -0.392 e. The van der Waals surface area contributed by atoms with E-state index in [1.54, 1.807) is 17.4 Å². The fourth-order valence-corrected chi connectivity index (χ4v) is 3.97. The van der Waals surface area contributed by atoms with Gasteiger partial charge in [0.1, 0.15) is 0 Å². The first-order valence-electron chi connectivity index (χ1n) is 6.83. The van der Waals surface area contributed by atoms with Crippen molar-refractivity contribution in [2.24, 2.45) is 0 Å². The molecular weight excluding hydrogens is 278 g/mol. The number of aliphatic hydroxyl groups excluding tert-OH is 1. The highest BCUT2D eigenvalue weighted by Crippen LogP contribution is 2.37. The number of aliphatic hydroxyl groups is 1. The van der Waals surface area contributed by atoms with Crippen LogP contribution < -0.4 is 0 Å². The van der Waals surface area contributed by atoms with Crippen LogP contribution in [0.1, 0.15) is 34.8 Å². The Balaban J connectivity index is 1.77. The maximum Gasteiger partial charge on any atom is 0.159 e. The summed E-state index contributed by atoms with van der Waals surface area (Å²) < 4.78 is 26.1. The Kier molecular flexibility index (Phi) is 3.85. The molecule has 20 heavy (non-hydrogen) atoms. The zero-order valence-corrected chi connectivity index (χ0v) is 11.8. The minimum atomic E-state index is -0.852. The monoisotopic (exact) mass is 294 g/mol. The normalized spacial score (nSPS) is 19.6. The first kappa shape index (κ1) is 13.7. The Labute approximate surface area is 120 Å². The Morgan fingerprint density at radius 2 is 2.10 bits per heavy atom. The van der Waals surface area contributed by atoms with Crippen LogP contribution in [0.25, 0.3) is 0 Å². The highest BCUT2D eigenvalue weighted by Gasteiger charge is 2.27. The summed E-state index contributed by atoms with van der Waals surface area (Å²) in [7, 11) is 0. The van der Waals surface area contributed by atoms with E-state index in [4.69, 9.17) is 0 Å². The van der Waals surface area contributed by atoms with Crippen LogP contribution in [0.2, 0.25) is 0 Å². The molecule has 1 heterocycles. The Bertz CT molecular complexity index is 608. The van der Waals surface area contributed by atoms with E-state index >= 15 is 0 Å². The van der Waals surface area contributed by atoms with Crippen LogP contribution in [0, 0.1) is 11.6 Å². The van der Waals surface area contributed by atoms with Crippen molar-refractivity contribution in [1.29, 1.82) is 0 Å². The predicted octanol–water partition coefficient (Wildman–Crippen LogP) is 4.05. The van der Waals surface area contributed by atoms with Gasteiger partial charge in [0.2, 0.25) is 0 Å². The number of benzene rings is 1. The molecule has 0 saturated carbocycles. The Hall–Kier alpha value is -1.26. The lowest BCUT2D eigenvalue weighted by atomic mass is 9.82. The molecule has 0 radical (unpaired) electrons. The van der Waals surface area contributed by atoms with Crippen LogP contribution in [0.5, 0.6) is 0 Å². The molecule has 2 aromatic rings. The van der Waals surface area contributed by atoms with Crippen molar-refractivity contribution in [3.63, 3.8) is 0 Å². The van der Waals surface area contributed by atoms with Crippen LogP contribution in [0.15, 0.2) is 29.6 Å². The minimum absolute atomic E-state index is 0.109. The van der Waals surface area contributed by atoms with Gasteiger partial charge in [0, 0.05) is 10.8 Å². The molecule has 0 fully saturated rings. The molecule has 4 heteroatoms. The van der Waals surface area contributed by atoms with Gasteiger partial charge in [-0.2, -0.15) is 0 Å². The van der Waals surface area contributed by atoms with Crippen molar-refractivity contribution < 1.29 is 13.9 Å². The molecule has 1 nitrogen and oxygen atoms in total. The van der Waals surface area contributed by atoms with Gasteiger partial charge in [0.25, 0.3) is 0 Å². The van der Waals surface area contributed by atoms with E-state index in [-0.39, 0.29) is 5.92 Å². The van der Waals surface area contributed by atoms with Crippen LogP contribution in [0.3, 0.4) is 0 Å². The molecule has 0 aliphatic heterocycles. The molecule has 0 spiro atoms. The standard InChI is InChI=1S/C16H16F2OS/c17-13-5-4-10(8-14(13)18)9-15(19)11-2-1-3-16-12(11)6-7-20-16/h4-8,11,15,19H,1-3,9H2. The van der Waals surface area contributed by atoms with Gasteiger partial charge in [-0.15, -0.1) is 11.3 Å². The molecule has 1 aliphatic carbocycles. The second kappa shape index (κ2) is 5.62. The first-order valence-corrected chi connectivity index (χ1v) is 7.71. The third kappa shape index (κ3) is 2.63. The van der Waals surface area contributed by atoms with E-state index < -0.39 is 17.7 Å². The maximum absolute atomic E-state index is 13.2. The second-order valence-electron chi connectivity index (χ2n) is 5.32. The van der Waals surface area contributed by atoms with Gasteiger partial charge in [0.15, 0.2) is 11.6 Å². The van der Waals surface area contributed by atoms with Gasteiger partial charge >= 0.3 is 0 Å². The molecule has 1 N–H and O–H groups in total. The maximum atomic E-state index is 13.2. The van der Waals surface area contributed by atoms with Crippen molar-refractivity contribution in [1.82, 2.24) is 0 Å². The van der Waals surface area contributed by atoms with Gasteiger partial charge in [-0.3, -0.25) is 0 Å². The lowest BCUT2D eigenvalue weighted by Gasteiger charge is -2.27. The third-order valence-corrected chi connectivity index (χ3v) is 4.99. The van der Waals surface area contributed by atoms with E-state index in [1.807, 2.05) is 0 Å². The fraction of sp³-hybridized carbons (Fsp3) is 0.375. The zero-order chi connectivity index (χ0) is 14.1. The summed E-state index contributed by atoms with van der Waals surface area (Å²) in [5, 5.41) is 12.5. The largest absolute Gasteiger partial charge is 0.392 e. The molecule has 3 rings (SSSR count). The second-order valence-corrected chi connectivity index (χ2v) is 6.32. The van der Waals surface area contributed by atoms with Gasteiger partial charge in [-0.1, -0.05) is 6.07 Å². The number of rotatable bonds is 3. The Morgan fingerprint density at radius 3 is 2.90 bits per heavy atom. The van der Waals surface area contributed by atoms with Crippen LogP contribution in [-0.4, -0.2) is 11.2 Å². The molecule has 0 amide bonds. The topological polar surface area (TPSA) is 20.2 Å². The zero-order valence-electron chi connectivity index (χ0n) is 11.0. The fourth-order valence-electron chi connectivity index (χ4n) is 2.97. The van der Waals surface area contributed by atoms with E-state index in [0.717, 1.165) is 25.3 Å². The van der Waals surface area contributed by atoms with Gasteiger partial charge in [-0.25, -0.2) is 8.78 Å². The number of thiophene rings is 1. The molecule has 1 aromatic heterocycles. The van der Waals surface area contributed by atoms with Crippen molar-refractivity contribution in [3.8, 4) is 0 Å². The van der Waals surface area contributed by atoms with Crippen LogP contribution >= 0.6 is 11.3 Å². The molecular formula is C16H16F2OS. The highest BCUT2D eigenvalue weighted by atomic mass is 32.1. The third-order valence-electron chi connectivity index (χ3n) is 3.99. The quantitative estimate of drug-likeness (QED) is 0.905. The lowest BCUT2D eigenvalue weighted by Crippen LogP contribution is -2.24. The summed E-state index contributed by atoms with van der Waals surface area (Å²) in [6.07, 6.45) is 2.92. The van der Waals surface area contributed by atoms with Gasteiger partial charge < -0.3 is 5.11 Å². The number of hydrogen-bond donors (Lipinski definition) is 1. The molecule has 1 aromatic carbocycles. The van der Waals surface area contributed by atoms with Gasteiger partial charge in [0.05, 0.1) is 6.10 Å². The number of hydrogen-bond acceptors (Lipinski definition) is 2. The molecule has 2 unspecified atom stereocenters. The number of aryl methyl sites for hydroxylation is 1. The highest BCUT2D eigenvalue weighted by molar-refractivity contribution is 7.10. The summed E-state index contributed by atoms with van der Waals surface area (Å²) in [4.78, 5) is 1.35. The summed E-state index contributed by atoms with van der Waals surface area (Å²) in [6.45, 7) is 0. The summed E-state index contributed by atoms with van der Waals surface area (Å²) in [5.41, 5.74) is 1.87. The SMILES string of the molecule is OC(Cc1ccc(F)c(F)c1)C1CCCc2sccc21. The van der Waals surface area contributed by atoms with Crippen molar-refractivity contribution >= 4 is 11.3 Å². The van der Waals surface area contributed by atoms with Crippen molar-refractivity contribution in [3.05, 3.63) is 57.3 Å². The summed E-state index contributed by atoms with van der Waals surface area (Å²) >= 11 is 1.74. The van der Waals surface area contributed by atoms with E-state index in [2.05, 4.69) is 11.4 Å². The molecule has 2 atom stereocenters. The smallest absolute Gasteiger partial charge is 0.159 e. The molecule has 106 valence electrons. The van der Waals surface area contributed by atoms with E-state index in [1.165, 1.54) is 16.5 Å². The average molecular weight is 294 g/mol. The number of fused-ring (bicyclic) bond motifs is 1. The predicted molar refractivity (Wildman–Crippen MR) is 76.1 cm³/mol. The van der Waals surface area contributed by atoms with Crippen molar-refractivity contribution in [2.75, 3.05) is 0 Å².